The Morgan fingerprint density at radius 1 is 1.28 bits per heavy atom. The zero-order valence-electron chi connectivity index (χ0n) is 9.32. The van der Waals surface area contributed by atoms with Crippen LogP contribution in [0.25, 0.3) is 11.3 Å². The highest BCUT2D eigenvalue weighted by Crippen LogP contribution is 2.33. The predicted molar refractivity (Wildman–Crippen MR) is 68.8 cm³/mol. The normalized spacial score (nSPS) is 9.89. The highest BCUT2D eigenvalue weighted by Gasteiger charge is 2.15. The number of aromatic nitrogens is 2. The van der Waals surface area contributed by atoms with Gasteiger partial charge in [0.1, 0.15) is 18.0 Å². The Morgan fingerprint density at radius 2 is 2.06 bits per heavy atom. The maximum absolute atomic E-state index is 9.16. The molecule has 0 saturated heterocycles. The summed E-state index contributed by atoms with van der Waals surface area (Å²) >= 11 is 11.9. The lowest BCUT2D eigenvalue weighted by atomic mass is 10.1. The average molecular weight is 280 g/mol. The summed E-state index contributed by atoms with van der Waals surface area (Å²) in [6.07, 6.45) is 1.32. The predicted octanol–water partition coefficient (Wildman–Crippen LogP) is 3.33. The van der Waals surface area contributed by atoms with Gasteiger partial charge < -0.3 is 4.74 Å². The molecule has 0 aliphatic rings. The molecule has 0 aliphatic heterocycles. The van der Waals surface area contributed by atoms with E-state index < -0.39 is 0 Å². The standard InChI is InChI=1S/C12H7Cl2N3O/c1-18-12-9(5-15)11(16-6-17-12)8-3-2-7(13)4-10(8)14/h2-4,6H,1H3. The van der Waals surface area contributed by atoms with Crippen LogP contribution in [0.1, 0.15) is 5.56 Å². The second-order valence-electron chi connectivity index (χ2n) is 3.34. The zero-order valence-corrected chi connectivity index (χ0v) is 10.8. The number of ether oxygens (including phenoxy) is 1. The van der Waals surface area contributed by atoms with Gasteiger partial charge in [-0.05, 0) is 18.2 Å². The number of hydrogen-bond donors (Lipinski definition) is 0. The fourth-order valence-electron chi connectivity index (χ4n) is 1.51. The molecule has 4 nitrogen and oxygen atoms in total. The fourth-order valence-corrected chi connectivity index (χ4v) is 2.01. The first-order valence-electron chi connectivity index (χ1n) is 4.92. The van der Waals surface area contributed by atoms with Crippen molar-refractivity contribution < 1.29 is 4.74 Å². The second-order valence-corrected chi connectivity index (χ2v) is 4.19. The molecule has 0 amide bonds. The minimum Gasteiger partial charge on any atom is -0.480 e. The number of nitriles is 1. The first-order valence-corrected chi connectivity index (χ1v) is 5.67. The monoisotopic (exact) mass is 279 g/mol. The number of hydrogen-bond acceptors (Lipinski definition) is 4. The van der Waals surface area contributed by atoms with Crippen molar-refractivity contribution in [3.05, 3.63) is 40.1 Å². The summed E-state index contributed by atoms with van der Waals surface area (Å²) < 4.78 is 5.02. The molecule has 0 aliphatic carbocycles. The zero-order chi connectivity index (χ0) is 13.1. The van der Waals surface area contributed by atoms with E-state index in [-0.39, 0.29) is 11.4 Å². The highest BCUT2D eigenvalue weighted by atomic mass is 35.5. The van der Waals surface area contributed by atoms with E-state index in [4.69, 9.17) is 33.2 Å². The van der Waals surface area contributed by atoms with Gasteiger partial charge in [-0.1, -0.05) is 23.2 Å². The molecule has 18 heavy (non-hydrogen) atoms. The van der Waals surface area contributed by atoms with Crippen LogP contribution in [0.15, 0.2) is 24.5 Å². The van der Waals surface area contributed by atoms with E-state index in [1.54, 1.807) is 18.2 Å². The molecule has 2 rings (SSSR count). The molecular weight excluding hydrogens is 273 g/mol. The third-order valence-corrected chi connectivity index (χ3v) is 2.85. The Morgan fingerprint density at radius 3 is 2.67 bits per heavy atom. The molecule has 0 fully saturated rings. The number of methoxy groups -OCH3 is 1. The summed E-state index contributed by atoms with van der Waals surface area (Å²) in [4.78, 5) is 7.95. The minimum atomic E-state index is 0.216. The first kappa shape index (κ1) is 12.6. The van der Waals surface area contributed by atoms with Crippen molar-refractivity contribution in [2.24, 2.45) is 0 Å². The molecule has 1 aromatic carbocycles. The van der Waals surface area contributed by atoms with Crippen LogP contribution >= 0.6 is 23.2 Å². The van der Waals surface area contributed by atoms with Crippen LogP contribution in [-0.2, 0) is 0 Å². The first-order chi connectivity index (χ1) is 8.67. The molecule has 0 atom stereocenters. The van der Waals surface area contributed by atoms with Gasteiger partial charge >= 0.3 is 0 Å². The highest BCUT2D eigenvalue weighted by molar-refractivity contribution is 6.36. The summed E-state index contributed by atoms with van der Waals surface area (Å²) in [5.74, 6) is 0.216. The maximum atomic E-state index is 9.16. The van der Waals surface area contributed by atoms with Crippen LogP contribution in [-0.4, -0.2) is 17.1 Å². The fraction of sp³-hybridized carbons (Fsp3) is 0.0833. The topological polar surface area (TPSA) is 58.8 Å². The summed E-state index contributed by atoms with van der Waals surface area (Å²) in [6.45, 7) is 0. The lowest BCUT2D eigenvalue weighted by molar-refractivity contribution is 0.395. The van der Waals surface area contributed by atoms with Crippen molar-refractivity contribution in [1.29, 1.82) is 5.26 Å². The SMILES string of the molecule is COc1ncnc(-c2ccc(Cl)cc2Cl)c1C#N. The largest absolute Gasteiger partial charge is 0.480 e. The Balaban J connectivity index is 2.68. The number of rotatable bonds is 2. The Hall–Kier alpha value is -1.83. The smallest absolute Gasteiger partial charge is 0.235 e. The molecule has 0 bridgehead atoms. The van der Waals surface area contributed by atoms with Crippen LogP contribution in [0, 0.1) is 11.3 Å². The summed E-state index contributed by atoms with van der Waals surface area (Å²) in [7, 11) is 1.44. The molecule has 2 aromatic rings. The third kappa shape index (κ3) is 2.23. The molecule has 1 heterocycles. The minimum absolute atomic E-state index is 0.216. The lowest BCUT2D eigenvalue weighted by Crippen LogP contribution is -1.97. The Labute approximate surface area is 114 Å². The molecular formula is C12H7Cl2N3O. The van der Waals surface area contributed by atoms with E-state index in [2.05, 4.69) is 9.97 Å². The van der Waals surface area contributed by atoms with Crippen molar-refractivity contribution in [2.45, 2.75) is 0 Å². The van der Waals surface area contributed by atoms with Crippen molar-refractivity contribution >= 4 is 23.2 Å². The molecule has 0 unspecified atom stereocenters. The Kier molecular flexibility index (Phi) is 3.66. The van der Waals surface area contributed by atoms with E-state index in [9.17, 15) is 0 Å². The molecule has 0 saturated carbocycles. The third-order valence-electron chi connectivity index (χ3n) is 2.30. The molecule has 0 radical (unpaired) electrons. The van der Waals surface area contributed by atoms with Crippen LogP contribution in [0.3, 0.4) is 0 Å². The van der Waals surface area contributed by atoms with E-state index in [0.29, 0.717) is 21.3 Å². The lowest BCUT2D eigenvalue weighted by Gasteiger charge is -2.08. The maximum Gasteiger partial charge on any atom is 0.235 e. The van der Waals surface area contributed by atoms with Gasteiger partial charge in [-0.3, -0.25) is 0 Å². The quantitative estimate of drug-likeness (QED) is 0.846. The molecule has 6 heteroatoms. The van der Waals surface area contributed by atoms with Gasteiger partial charge in [0, 0.05) is 10.6 Å². The van der Waals surface area contributed by atoms with Crippen molar-refractivity contribution in [1.82, 2.24) is 9.97 Å². The van der Waals surface area contributed by atoms with Gasteiger partial charge in [0.15, 0.2) is 0 Å². The van der Waals surface area contributed by atoms with Gasteiger partial charge in [0.25, 0.3) is 0 Å². The molecule has 90 valence electrons. The van der Waals surface area contributed by atoms with Gasteiger partial charge in [0.05, 0.1) is 17.8 Å². The molecule has 0 spiro atoms. The Bertz CT molecular complexity index is 638. The van der Waals surface area contributed by atoms with E-state index in [1.165, 1.54) is 13.4 Å². The number of nitrogens with zero attached hydrogens (tertiary/aromatic N) is 3. The summed E-state index contributed by atoms with van der Waals surface area (Å²) in [5, 5.41) is 10.1. The van der Waals surface area contributed by atoms with Gasteiger partial charge in [-0.2, -0.15) is 5.26 Å². The van der Waals surface area contributed by atoms with Crippen molar-refractivity contribution in [3.63, 3.8) is 0 Å². The summed E-state index contributed by atoms with van der Waals surface area (Å²) in [6, 6.07) is 6.99. The van der Waals surface area contributed by atoms with E-state index in [0.717, 1.165) is 0 Å². The van der Waals surface area contributed by atoms with Crippen LogP contribution < -0.4 is 4.74 Å². The van der Waals surface area contributed by atoms with Gasteiger partial charge in [-0.15, -0.1) is 0 Å². The summed E-state index contributed by atoms with van der Waals surface area (Å²) in [5.41, 5.74) is 1.27. The number of halogens is 2. The van der Waals surface area contributed by atoms with E-state index in [1.807, 2.05) is 6.07 Å². The van der Waals surface area contributed by atoms with Crippen LogP contribution in [0.2, 0.25) is 10.0 Å². The van der Waals surface area contributed by atoms with Crippen molar-refractivity contribution in [3.8, 4) is 23.2 Å². The number of benzene rings is 1. The molecule has 0 N–H and O–H groups in total. The molecule has 1 aromatic heterocycles. The van der Waals surface area contributed by atoms with Crippen molar-refractivity contribution in [2.75, 3.05) is 7.11 Å². The second kappa shape index (κ2) is 5.21. The van der Waals surface area contributed by atoms with E-state index >= 15 is 0 Å². The van der Waals surface area contributed by atoms with Gasteiger partial charge in [-0.25, -0.2) is 9.97 Å². The van der Waals surface area contributed by atoms with Crippen LogP contribution in [0.4, 0.5) is 0 Å². The van der Waals surface area contributed by atoms with Gasteiger partial charge in [0.2, 0.25) is 5.88 Å². The van der Waals surface area contributed by atoms with Crippen LogP contribution in [0.5, 0.6) is 5.88 Å². The average Bonchev–Trinajstić information content (AvgIpc) is 2.37.